The first kappa shape index (κ1) is 12.9. The monoisotopic (exact) mass is 249 g/mol. The molecule has 1 fully saturated rings. The van der Waals surface area contributed by atoms with Crippen LogP contribution in [0.4, 0.5) is 5.69 Å². The topological polar surface area (TPSA) is 61.6 Å². The van der Waals surface area contributed by atoms with Gasteiger partial charge in [0.2, 0.25) is 0 Å². The summed E-state index contributed by atoms with van der Waals surface area (Å²) >= 11 is 0. The fraction of sp³-hybridized carbons (Fsp3) is 0.500. The quantitative estimate of drug-likeness (QED) is 0.654. The smallest absolute Gasteiger partial charge is 0.306 e. The molecule has 1 aromatic rings. The number of hydrogen-bond acceptors (Lipinski definition) is 4. The van der Waals surface area contributed by atoms with Crippen LogP contribution in [0.15, 0.2) is 24.3 Å². The van der Waals surface area contributed by atoms with Crippen molar-refractivity contribution in [1.29, 1.82) is 0 Å². The van der Waals surface area contributed by atoms with Gasteiger partial charge in [0.25, 0.3) is 0 Å². The van der Waals surface area contributed by atoms with Crippen LogP contribution in [-0.2, 0) is 20.7 Å². The molecule has 1 aromatic carbocycles. The third-order valence-corrected chi connectivity index (χ3v) is 3.06. The summed E-state index contributed by atoms with van der Waals surface area (Å²) in [6, 6.07) is 7.58. The van der Waals surface area contributed by atoms with Gasteiger partial charge in [0, 0.05) is 24.9 Å². The van der Waals surface area contributed by atoms with E-state index in [1.54, 1.807) is 0 Å². The first-order valence-electron chi connectivity index (χ1n) is 6.35. The maximum Gasteiger partial charge on any atom is 0.306 e. The lowest BCUT2D eigenvalue weighted by Gasteiger charge is -2.22. The van der Waals surface area contributed by atoms with Crippen molar-refractivity contribution in [3.8, 4) is 0 Å². The van der Waals surface area contributed by atoms with Crippen LogP contribution >= 0.6 is 0 Å². The number of nitrogens with two attached hydrogens (primary N) is 1. The van der Waals surface area contributed by atoms with Gasteiger partial charge >= 0.3 is 5.97 Å². The number of ether oxygens (including phenoxy) is 2. The zero-order chi connectivity index (χ0) is 12.8. The molecule has 0 saturated carbocycles. The lowest BCUT2D eigenvalue weighted by molar-refractivity contribution is -0.153. The molecule has 98 valence electrons. The summed E-state index contributed by atoms with van der Waals surface area (Å²) in [5.74, 6) is -0.126. The molecule has 2 N–H and O–H groups in total. The summed E-state index contributed by atoms with van der Waals surface area (Å²) in [6.45, 7) is 1.38. The van der Waals surface area contributed by atoms with Crippen molar-refractivity contribution in [2.24, 2.45) is 0 Å². The zero-order valence-electron chi connectivity index (χ0n) is 10.4. The van der Waals surface area contributed by atoms with Gasteiger partial charge < -0.3 is 15.2 Å². The molecule has 0 aromatic heterocycles. The number of esters is 1. The fourth-order valence-corrected chi connectivity index (χ4v) is 1.97. The first-order chi connectivity index (χ1) is 8.74. The summed E-state index contributed by atoms with van der Waals surface area (Å²) in [4.78, 5) is 11.7. The number of rotatable bonds is 4. The molecule has 0 amide bonds. The van der Waals surface area contributed by atoms with Gasteiger partial charge in [-0.2, -0.15) is 0 Å². The Morgan fingerprint density at radius 1 is 1.28 bits per heavy atom. The second-order valence-electron chi connectivity index (χ2n) is 4.54. The molecule has 18 heavy (non-hydrogen) atoms. The standard InChI is InChI=1S/C14H19NO3/c15-12-4-1-11(2-5-12)3-6-14(16)18-13-7-9-17-10-8-13/h1-2,4-5,13H,3,6-10,15H2. The summed E-state index contributed by atoms with van der Waals surface area (Å²) in [5, 5.41) is 0. The number of anilines is 1. The second-order valence-corrected chi connectivity index (χ2v) is 4.54. The van der Waals surface area contributed by atoms with Crippen LogP contribution in [0.3, 0.4) is 0 Å². The fourth-order valence-electron chi connectivity index (χ4n) is 1.97. The minimum Gasteiger partial charge on any atom is -0.462 e. The van der Waals surface area contributed by atoms with Crippen LogP contribution in [-0.4, -0.2) is 25.3 Å². The largest absolute Gasteiger partial charge is 0.462 e. The molecule has 0 spiro atoms. The lowest BCUT2D eigenvalue weighted by atomic mass is 10.1. The Morgan fingerprint density at radius 2 is 1.94 bits per heavy atom. The molecular weight excluding hydrogens is 230 g/mol. The van der Waals surface area contributed by atoms with Gasteiger partial charge in [-0.15, -0.1) is 0 Å². The Morgan fingerprint density at radius 3 is 2.61 bits per heavy atom. The highest BCUT2D eigenvalue weighted by Gasteiger charge is 2.17. The maximum atomic E-state index is 11.7. The van der Waals surface area contributed by atoms with E-state index in [0.717, 1.165) is 24.1 Å². The van der Waals surface area contributed by atoms with Crippen molar-refractivity contribution in [2.75, 3.05) is 18.9 Å². The average Bonchev–Trinajstić information content (AvgIpc) is 2.39. The molecule has 0 unspecified atom stereocenters. The van der Waals surface area contributed by atoms with Gasteiger partial charge in [0.05, 0.1) is 13.2 Å². The number of hydrogen-bond donors (Lipinski definition) is 1. The predicted molar refractivity (Wildman–Crippen MR) is 69.1 cm³/mol. The van der Waals surface area contributed by atoms with E-state index in [0.29, 0.717) is 26.1 Å². The molecule has 4 nitrogen and oxygen atoms in total. The van der Waals surface area contributed by atoms with E-state index in [-0.39, 0.29) is 12.1 Å². The van der Waals surface area contributed by atoms with Gasteiger partial charge in [0.1, 0.15) is 6.10 Å². The summed E-state index contributed by atoms with van der Waals surface area (Å²) in [6.07, 6.45) is 2.78. The van der Waals surface area contributed by atoms with Crippen molar-refractivity contribution in [1.82, 2.24) is 0 Å². The van der Waals surface area contributed by atoms with E-state index in [9.17, 15) is 4.79 Å². The number of nitrogen functional groups attached to an aromatic ring is 1. The van der Waals surface area contributed by atoms with Gasteiger partial charge in [-0.3, -0.25) is 4.79 Å². The molecule has 0 radical (unpaired) electrons. The van der Waals surface area contributed by atoms with E-state index in [2.05, 4.69) is 0 Å². The molecule has 0 bridgehead atoms. The van der Waals surface area contributed by atoms with E-state index in [1.165, 1.54) is 0 Å². The molecule has 1 heterocycles. The molecule has 1 aliphatic rings. The first-order valence-corrected chi connectivity index (χ1v) is 6.35. The molecule has 1 saturated heterocycles. The number of carbonyl (C=O) groups excluding carboxylic acids is 1. The van der Waals surface area contributed by atoms with Gasteiger partial charge in [-0.1, -0.05) is 12.1 Å². The van der Waals surface area contributed by atoms with Crippen molar-refractivity contribution >= 4 is 11.7 Å². The average molecular weight is 249 g/mol. The highest BCUT2D eigenvalue weighted by molar-refractivity contribution is 5.70. The van der Waals surface area contributed by atoms with Crippen LogP contribution in [0, 0.1) is 0 Å². The second kappa shape index (κ2) is 6.40. The zero-order valence-corrected chi connectivity index (χ0v) is 10.4. The number of carbonyl (C=O) groups is 1. The van der Waals surface area contributed by atoms with Gasteiger partial charge in [-0.05, 0) is 24.1 Å². The molecule has 0 atom stereocenters. The van der Waals surface area contributed by atoms with Crippen LogP contribution in [0.2, 0.25) is 0 Å². The Labute approximate surface area is 107 Å². The third-order valence-electron chi connectivity index (χ3n) is 3.06. The van der Waals surface area contributed by atoms with Crippen molar-refractivity contribution in [3.63, 3.8) is 0 Å². The Kier molecular flexibility index (Phi) is 4.59. The number of aryl methyl sites for hydroxylation is 1. The highest BCUT2D eigenvalue weighted by atomic mass is 16.5. The van der Waals surface area contributed by atoms with Crippen molar-refractivity contribution in [3.05, 3.63) is 29.8 Å². The minimum absolute atomic E-state index is 0.0395. The van der Waals surface area contributed by atoms with E-state index in [1.807, 2.05) is 24.3 Å². The van der Waals surface area contributed by atoms with E-state index < -0.39 is 0 Å². The summed E-state index contributed by atoms with van der Waals surface area (Å²) in [5.41, 5.74) is 7.45. The number of benzene rings is 1. The summed E-state index contributed by atoms with van der Waals surface area (Å²) in [7, 11) is 0. The van der Waals surface area contributed by atoms with Gasteiger partial charge in [-0.25, -0.2) is 0 Å². The van der Waals surface area contributed by atoms with E-state index >= 15 is 0 Å². The molecular formula is C14H19NO3. The molecule has 1 aliphatic heterocycles. The summed E-state index contributed by atoms with van der Waals surface area (Å²) < 4.78 is 10.6. The SMILES string of the molecule is Nc1ccc(CCC(=O)OC2CCOCC2)cc1. The van der Waals surface area contributed by atoms with Crippen LogP contribution in [0.1, 0.15) is 24.8 Å². The van der Waals surface area contributed by atoms with Crippen molar-refractivity contribution in [2.45, 2.75) is 31.8 Å². The third kappa shape index (κ3) is 4.04. The van der Waals surface area contributed by atoms with Crippen molar-refractivity contribution < 1.29 is 14.3 Å². The minimum atomic E-state index is -0.126. The van der Waals surface area contributed by atoms with Crippen LogP contribution < -0.4 is 5.73 Å². The molecule has 4 heteroatoms. The van der Waals surface area contributed by atoms with E-state index in [4.69, 9.17) is 15.2 Å². The van der Waals surface area contributed by atoms with Crippen LogP contribution in [0.25, 0.3) is 0 Å². The Balaban J connectivity index is 1.72. The maximum absolute atomic E-state index is 11.7. The van der Waals surface area contributed by atoms with Gasteiger partial charge in [0.15, 0.2) is 0 Å². The Hall–Kier alpha value is -1.55. The Bertz CT molecular complexity index is 383. The normalized spacial score (nSPS) is 16.4. The highest BCUT2D eigenvalue weighted by Crippen LogP contribution is 2.13. The molecule has 2 rings (SSSR count). The lowest BCUT2D eigenvalue weighted by Crippen LogP contribution is -2.26. The molecule has 0 aliphatic carbocycles. The van der Waals surface area contributed by atoms with Crippen LogP contribution in [0.5, 0.6) is 0 Å². The predicted octanol–water partition coefficient (Wildman–Crippen LogP) is 1.92.